The van der Waals surface area contributed by atoms with Crippen molar-refractivity contribution in [3.8, 4) is 0 Å². The van der Waals surface area contributed by atoms with Crippen LogP contribution in [0, 0.1) is 5.92 Å². The summed E-state index contributed by atoms with van der Waals surface area (Å²) in [6.45, 7) is 2.34. The molecule has 0 unspecified atom stereocenters. The second-order valence-electron chi connectivity index (χ2n) is 5.16. The first-order valence-corrected chi connectivity index (χ1v) is 7.35. The van der Waals surface area contributed by atoms with Gasteiger partial charge >= 0.3 is 0 Å². The van der Waals surface area contributed by atoms with E-state index in [9.17, 15) is 0 Å². The van der Waals surface area contributed by atoms with E-state index in [2.05, 4.69) is 44.5 Å². The van der Waals surface area contributed by atoms with Crippen LogP contribution in [0.3, 0.4) is 0 Å². The molecule has 0 radical (unpaired) electrons. The van der Waals surface area contributed by atoms with Crippen LogP contribution in [-0.4, -0.2) is 22.9 Å². The molecule has 1 aromatic heterocycles. The average Bonchev–Trinajstić information content (AvgIpc) is 2.66. The van der Waals surface area contributed by atoms with E-state index in [4.69, 9.17) is 0 Å². The van der Waals surface area contributed by atoms with Crippen LogP contribution >= 0.6 is 15.9 Å². The first-order chi connectivity index (χ1) is 8.74. The summed E-state index contributed by atoms with van der Waals surface area (Å²) < 4.78 is 2.89. The number of aryl methyl sites for hydroxylation is 1. The number of halogens is 1. The molecule has 3 rings (SSSR count). The van der Waals surface area contributed by atoms with E-state index in [0.717, 1.165) is 10.5 Å². The van der Waals surface area contributed by atoms with Crippen molar-refractivity contribution in [2.75, 3.05) is 13.1 Å². The van der Waals surface area contributed by atoms with E-state index in [0.29, 0.717) is 0 Å². The van der Waals surface area contributed by atoms with Gasteiger partial charge < -0.3 is 5.32 Å². The smallest absolute Gasteiger partial charge is 0.135 e. The molecule has 0 spiro atoms. The number of nitrogens with one attached hydrogen (secondary N) is 1. The number of benzene rings is 1. The quantitative estimate of drug-likeness (QED) is 0.924. The molecule has 0 bridgehead atoms. The Hall–Kier alpha value is -0.870. The zero-order valence-electron chi connectivity index (χ0n) is 10.6. The Balaban J connectivity index is 1.86. The minimum Gasteiger partial charge on any atom is -0.317 e. The van der Waals surface area contributed by atoms with Crippen molar-refractivity contribution < 1.29 is 0 Å². The average molecular weight is 308 g/mol. The molecule has 1 fully saturated rings. The Morgan fingerprint density at radius 1 is 1.39 bits per heavy atom. The van der Waals surface area contributed by atoms with Crippen LogP contribution in [0.5, 0.6) is 0 Å². The monoisotopic (exact) mass is 307 g/mol. The highest BCUT2D eigenvalue weighted by Crippen LogP contribution is 2.25. The molecule has 1 N–H and O–H groups in total. The Bertz CT molecular complexity index is 555. The maximum Gasteiger partial charge on any atom is 0.135 e. The molecule has 18 heavy (non-hydrogen) atoms. The van der Waals surface area contributed by atoms with Crippen LogP contribution in [0.25, 0.3) is 10.9 Å². The van der Waals surface area contributed by atoms with Gasteiger partial charge in [0.2, 0.25) is 0 Å². The molecule has 1 aliphatic heterocycles. The fourth-order valence-electron chi connectivity index (χ4n) is 2.80. The summed E-state index contributed by atoms with van der Waals surface area (Å²) in [4.78, 5) is 0. The lowest BCUT2D eigenvalue weighted by Crippen LogP contribution is -2.28. The van der Waals surface area contributed by atoms with Crippen molar-refractivity contribution in [1.82, 2.24) is 15.1 Å². The first-order valence-electron chi connectivity index (χ1n) is 6.56. The summed E-state index contributed by atoms with van der Waals surface area (Å²) in [5.41, 5.74) is 2.65. The van der Waals surface area contributed by atoms with Gasteiger partial charge in [0.05, 0.1) is 5.52 Å². The molecule has 3 nitrogen and oxygen atoms in total. The molecule has 96 valence electrons. The SMILES string of the molecule is Cn1nc(Br)c2ccc(CC3CCNCC3)cc21. The molecule has 0 aliphatic carbocycles. The summed E-state index contributed by atoms with van der Waals surface area (Å²) in [5.74, 6) is 0.834. The van der Waals surface area contributed by atoms with Gasteiger partial charge in [-0.25, -0.2) is 0 Å². The molecule has 2 heterocycles. The van der Waals surface area contributed by atoms with Crippen molar-refractivity contribution in [1.29, 1.82) is 0 Å². The molecule has 4 heteroatoms. The van der Waals surface area contributed by atoms with Crippen LogP contribution in [0.4, 0.5) is 0 Å². The van der Waals surface area contributed by atoms with Crippen molar-refractivity contribution in [3.63, 3.8) is 0 Å². The second-order valence-corrected chi connectivity index (χ2v) is 5.91. The van der Waals surface area contributed by atoms with Gasteiger partial charge in [0.15, 0.2) is 0 Å². The number of fused-ring (bicyclic) bond motifs is 1. The zero-order valence-corrected chi connectivity index (χ0v) is 12.2. The van der Waals surface area contributed by atoms with E-state index in [1.54, 1.807) is 0 Å². The lowest BCUT2D eigenvalue weighted by molar-refractivity contribution is 0.373. The van der Waals surface area contributed by atoms with Crippen molar-refractivity contribution in [3.05, 3.63) is 28.4 Å². The van der Waals surface area contributed by atoms with Crippen LogP contribution in [0.2, 0.25) is 0 Å². The first kappa shape index (κ1) is 12.2. The standard InChI is InChI=1S/C14H18BrN3/c1-18-13-9-11(2-3-12(13)14(15)17-18)8-10-4-6-16-7-5-10/h2-3,9-10,16H,4-8H2,1H3. The second kappa shape index (κ2) is 5.02. The highest BCUT2D eigenvalue weighted by molar-refractivity contribution is 9.10. The summed E-state index contributed by atoms with van der Waals surface area (Å²) in [5, 5.41) is 9.02. The van der Waals surface area contributed by atoms with Gasteiger partial charge in [-0.15, -0.1) is 0 Å². The number of aromatic nitrogens is 2. The van der Waals surface area contributed by atoms with Gasteiger partial charge in [0.1, 0.15) is 4.60 Å². The van der Waals surface area contributed by atoms with Crippen molar-refractivity contribution in [2.24, 2.45) is 13.0 Å². The number of rotatable bonds is 2. The number of hydrogen-bond donors (Lipinski definition) is 1. The highest BCUT2D eigenvalue weighted by Gasteiger charge is 2.14. The predicted molar refractivity (Wildman–Crippen MR) is 77.7 cm³/mol. The summed E-state index contributed by atoms with van der Waals surface area (Å²) >= 11 is 3.50. The van der Waals surface area contributed by atoms with Gasteiger partial charge in [-0.3, -0.25) is 4.68 Å². The van der Waals surface area contributed by atoms with Crippen LogP contribution in [0.15, 0.2) is 22.8 Å². The van der Waals surface area contributed by atoms with Crippen LogP contribution in [-0.2, 0) is 13.5 Å². The number of hydrogen-bond acceptors (Lipinski definition) is 2. The van der Waals surface area contributed by atoms with Crippen LogP contribution < -0.4 is 5.32 Å². The lowest BCUT2D eigenvalue weighted by atomic mass is 9.91. The zero-order chi connectivity index (χ0) is 12.5. The fraction of sp³-hybridized carbons (Fsp3) is 0.500. The van der Waals surface area contributed by atoms with E-state index < -0.39 is 0 Å². The molecule has 0 amide bonds. The normalized spacial score (nSPS) is 17.4. The van der Waals surface area contributed by atoms with Gasteiger partial charge in [-0.05, 0) is 71.9 Å². The molecular weight excluding hydrogens is 290 g/mol. The summed E-state index contributed by atoms with van der Waals surface area (Å²) in [7, 11) is 2.00. The van der Waals surface area contributed by atoms with E-state index in [1.165, 1.54) is 48.8 Å². The highest BCUT2D eigenvalue weighted by atomic mass is 79.9. The maximum absolute atomic E-state index is 4.40. The van der Waals surface area contributed by atoms with Gasteiger partial charge in [-0.1, -0.05) is 6.07 Å². The molecule has 0 atom stereocenters. The minimum absolute atomic E-state index is 0.834. The van der Waals surface area contributed by atoms with Gasteiger partial charge in [-0.2, -0.15) is 5.10 Å². The van der Waals surface area contributed by atoms with Gasteiger partial charge in [0.25, 0.3) is 0 Å². The van der Waals surface area contributed by atoms with E-state index in [1.807, 2.05) is 11.7 Å². The molecule has 2 aromatic rings. The third-order valence-corrected chi connectivity index (χ3v) is 4.44. The third kappa shape index (κ3) is 2.31. The lowest BCUT2D eigenvalue weighted by Gasteiger charge is -2.22. The maximum atomic E-state index is 4.40. The largest absolute Gasteiger partial charge is 0.317 e. The molecule has 0 saturated carbocycles. The Labute approximate surface area is 116 Å². The minimum atomic E-state index is 0.834. The Morgan fingerprint density at radius 3 is 2.94 bits per heavy atom. The van der Waals surface area contributed by atoms with E-state index >= 15 is 0 Å². The Kier molecular flexibility index (Phi) is 3.39. The molecule has 1 aromatic carbocycles. The number of piperidine rings is 1. The number of nitrogens with zero attached hydrogens (tertiary/aromatic N) is 2. The molecule has 1 saturated heterocycles. The third-order valence-electron chi connectivity index (χ3n) is 3.85. The Morgan fingerprint density at radius 2 is 2.17 bits per heavy atom. The molecule has 1 aliphatic rings. The predicted octanol–water partition coefficient (Wildman–Crippen LogP) is 2.88. The van der Waals surface area contributed by atoms with E-state index in [-0.39, 0.29) is 0 Å². The van der Waals surface area contributed by atoms with Crippen LogP contribution in [0.1, 0.15) is 18.4 Å². The molecular formula is C14H18BrN3. The summed E-state index contributed by atoms with van der Waals surface area (Å²) in [6, 6.07) is 6.72. The topological polar surface area (TPSA) is 29.9 Å². The van der Waals surface area contributed by atoms with Crippen molar-refractivity contribution >= 4 is 26.8 Å². The fourth-order valence-corrected chi connectivity index (χ4v) is 3.38. The van der Waals surface area contributed by atoms with Gasteiger partial charge in [0, 0.05) is 12.4 Å². The van der Waals surface area contributed by atoms with Crippen molar-refractivity contribution in [2.45, 2.75) is 19.3 Å². The summed E-state index contributed by atoms with van der Waals surface area (Å²) in [6.07, 6.45) is 3.79.